The van der Waals surface area contributed by atoms with E-state index in [0.29, 0.717) is 5.95 Å². The predicted octanol–water partition coefficient (Wildman–Crippen LogP) is 3.02. The van der Waals surface area contributed by atoms with E-state index in [1.807, 2.05) is 49.6 Å². The van der Waals surface area contributed by atoms with Crippen LogP contribution in [-0.4, -0.2) is 33.0 Å². The van der Waals surface area contributed by atoms with Crippen LogP contribution in [0, 0.1) is 0 Å². The largest absolute Gasteiger partial charge is 0.370 e. The Morgan fingerprint density at radius 3 is 2.29 bits per heavy atom. The summed E-state index contributed by atoms with van der Waals surface area (Å²) in [6.45, 7) is 3.59. The van der Waals surface area contributed by atoms with Gasteiger partial charge in [-0.25, -0.2) is 4.98 Å². The highest BCUT2D eigenvalue weighted by Crippen LogP contribution is 2.20. The molecule has 0 bridgehead atoms. The van der Waals surface area contributed by atoms with Crippen LogP contribution in [0.25, 0.3) is 11.3 Å². The van der Waals surface area contributed by atoms with Crippen molar-refractivity contribution >= 4 is 11.8 Å². The summed E-state index contributed by atoms with van der Waals surface area (Å²) in [5.41, 5.74) is 3.13. The molecule has 0 fully saturated rings. The fourth-order valence-corrected chi connectivity index (χ4v) is 2.33. The molecule has 3 aromatic heterocycles. The van der Waals surface area contributed by atoms with E-state index >= 15 is 0 Å². The van der Waals surface area contributed by atoms with E-state index in [4.69, 9.17) is 0 Å². The zero-order valence-corrected chi connectivity index (χ0v) is 13.6. The van der Waals surface area contributed by atoms with E-state index in [1.54, 1.807) is 12.4 Å². The van der Waals surface area contributed by atoms with Crippen molar-refractivity contribution in [2.75, 3.05) is 23.7 Å². The van der Waals surface area contributed by atoms with Gasteiger partial charge in [0.1, 0.15) is 5.82 Å². The molecule has 0 unspecified atom stereocenters. The maximum absolute atomic E-state index is 4.56. The number of rotatable bonds is 7. The molecule has 0 saturated carbocycles. The van der Waals surface area contributed by atoms with Gasteiger partial charge < -0.3 is 10.6 Å². The van der Waals surface area contributed by atoms with Crippen molar-refractivity contribution in [3.8, 4) is 11.3 Å². The number of anilines is 2. The first-order valence-electron chi connectivity index (χ1n) is 8.01. The summed E-state index contributed by atoms with van der Waals surface area (Å²) in [7, 11) is 0. The number of hydrogen-bond acceptors (Lipinski definition) is 6. The number of nitrogens with zero attached hydrogens (tertiary/aromatic N) is 4. The molecule has 3 heterocycles. The molecule has 0 spiro atoms. The second-order valence-corrected chi connectivity index (χ2v) is 5.26. The molecule has 122 valence electrons. The minimum Gasteiger partial charge on any atom is -0.370 e. The Bertz CT molecular complexity index is 761. The highest BCUT2D eigenvalue weighted by atomic mass is 15.1. The standard InChI is InChI=1S/C18H20N6/c1-2-21-18-23-16(15-6-10-20-11-7-15)13-17(24-18)22-12-5-14-3-8-19-9-4-14/h3-4,6-11,13H,2,5,12H2,1H3,(H2,21,22,23,24). The lowest BCUT2D eigenvalue weighted by molar-refractivity contribution is 0.991. The van der Waals surface area contributed by atoms with Crippen molar-refractivity contribution in [1.29, 1.82) is 0 Å². The Hall–Kier alpha value is -3.02. The van der Waals surface area contributed by atoms with Crippen LogP contribution in [0.5, 0.6) is 0 Å². The van der Waals surface area contributed by atoms with Crippen LogP contribution >= 0.6 is 0 Å². The van der Waals surface area contributed by atoms with Gasteiger partial charge in [-0.1, -0.05) is 0 Å². The van der Waals surface area contributed by atoms with Crippen LogP contribution < -0.4 is 10.6 Å². The molecule has 0 aliphatic carbocycles. The van der Waals surface area contributed by atoms with E-state index < -0.39 is 0 Å². The van der Waals surface area contributed by atoms with Crippen molar-refractivity contribution in [3.63, 3.8) is 0 Å². The molecule has 6 heteroatoms. The molecule has 0 radical (unpaired) electrons. The Morgan fingerprint density at radius 1 is 0.875 bits per heavy atom. The van der Waals surface area contributed by atoms with Crippen LogP contribution in [0.15, 0.2) is 55.1 Å². The monoisotopic (exact) mass is 320 g/mol. The van der Waals surface area contributed by atoms with Crippen molar-refractivity contribution in [2.45, 2.75) is 13.3 Å². The average molecular weight is 320 g/mol. The smallest absolute Gasteiger partial charge is 0.225 e. The summed E-state index contributed by atoms with van der Waals surface area (Å²) in [6.07, 6.45) is 8.06. The van der Waals surface area contributed by atoms with E-state index in [1.165, 1.54) is 5.56 Å². The first-order chi connectivity index (χ1) is 11.8. The predicted molar refractivity (Wildman–Crippen MR) is 95.9 cm³/mol. The summed E-state index contributed by atoms with van der Waals surface area (Å²) >= 11 is 0. The minimum atomic E-state index is 0.623. The molecule has 0 atom stereocenters. The maximum Gasteiger partial charge on any atom is 0.225 e. The van der Waals surface area contributed by atoms with Crippen LogP contribution in [-0.2, 0) is 6.42 Å². The fourth-order valence-electron chi connectivity index (χ4n) is 2.33. The molecule has 0 aliphatic heterocycles. The minimum absolute atomic E-state index is 0.623. The van der Waals surface area contributed by atoms with Crippen molar-refractivity contribution < 1.29 is 0 Å². The van der Waals surface area contributed by atoms with Crippen LogP contribution in [0.4, 0.5) is 11.8 Å². The quantitative estimate of drug-likeness (QED) is 0.697. The zero-order valence-electron chi connectivity index (χ0n) is 13.6. The summed E-state index contributed by atoms with van der Waals surface area (Å²) in [5.74, 6) is 1.43. The SMILES string of the molecule is CCNc1nc(NCCc2ccncc2)cc(-c2ccncc2)n1. The number of nitrogens with one attached hydrogen (secondary N) is 2. The van der Waals surface area contributed by atoms with Gasteiger partial charge in [-0.15, -0.1) is 0 Å². The molecule has 24 heavy (non-hydrogen) atoms. The van der Waals surface area contributed by atoms with Gasteiger partial charge in [-0.3, -0.25) is 9.97 Å². The summed E-state index contributed by atoms with van der Waals surface area (Å²) in [4.78, 5) is 17.2. The Kier molecular flexibility index (Phi) is 5.29. The third kappa shape index (κ3) is 4.25. The molecule has 0 amide bonds. The Morgan fingerprint density at radius 2 is 1.58 bits per heavy atom. The zero-order chi connectivity index (χ0) is 16.6. The van der Waals surface area contributed by atoms with E-state index in [-0.39, 0.29) is 0 Å². The van der Waals surface area contributed by atoms with Gasteiger partial charge >= 0.3 is 0 Å². The van der Waals surface area contributed by atoms with Gasteiger partial charge in [-0.05, 0) is 43.2 Å². The molecule has 2 N–H and O–H groups in total. The summed E-state index contributed by atoms with van der Waals surface area (Å²) in [6, 6.07) is 9.89. The van der Waals surface area contributed by atoms with E-state index in [0.717, 1.165) is 36.6 Å². The van der Waals surface area contributed by atoms with Crippen molar-refractivity contribution in [1.82, 2.24) is 19.9 Å². The molecular formula is C18H20N6. The lowest BCUT2D eigenvalue weighted by atomic mass is 10.2. The molecule has 0 aromatic carbocycles. The molecule has 6 nitrogen and oxygen atoms in total. The Labute approximate surface area is 141 Å². The Balaban J connectivity index is 1.75. The van der Waals surface area contributed by atoms with Crippen molar-refractivity contribution in [2.24, 2.45) is 0 Å². The van der Waals surface area contributed by atoms with Gasteiger partial charge in [0.15, 0.2) is 0 Å². The highest BCUT2D eigenvalue weighted by molar-refractivity contribution is 5.63. The topological polar surface area (TPSA) is 75.6 Å². The normalized spacial score (nSPS) is 10.4. The molecule has 3 aromatic rings. The van der Waals surface area contributed by atoms with E-state index in [2.05, 4.69) is 30.6 Å². The summed E-state index contributed by atoms with van der Waals surface area (Å²) in [5, 5.41) is 6.56. The number of hydrogen-bond donors (Lipinski definition) is 2. The summed E-state index contributed by atoms with van der Waals surface area (Å²) < 4.78 is 0. The first-order valence-corrected chi connectivity index (χ1v) is 8.01. The third-order valence-electron chi connectivity index (χ3n) is 3.51. The molecule has 3 rings (SSSR count). The molecule has 0 aliphatic rings. The first kappa shape index (κ1) is 15.9. The fraction of sp³-hybridized carbons (Fsp3) is 0.222. The van der Waals surface area contributed by atoms with Crippen molar-refractivity contribution in [3.05, 3.63) is 60.7 Å². The lowest BCUT2D eigenvalue weighted by Crippen LogP contribution is -2.10. The second kappa shape index (κ2) is 8.01. The molecular weight excluding hydrogens is 300 g/mol. The van der Waals surface area contributed by atoms with Gasteiger partial charge in [0.2, 0.25) is 5.95 Å². The highest BCUT2D eigenvalue weighted by Gasteiger charge is 2.06. The van der Waals surface area contributed by atoms with Crippen LogP contribution in [0.2, 0.25) is 0 Å². The van der Waals surface area contributed by atoms with Crippen LogP contribution in [0.3, 0.4) is 0 Å². The average Bonchev–Trinajstić information content (AvgIpc) is 2.63. The lowest BCUT2D eigenvalue weighted by Gasteiger charge is -2.10. The van der Waals surface area contributed by atoms with Crippen LogP contribution in [0.1, 0.15) is 12.5 Å². The second-order valence-electron chi connectivity index (χ2n) is 5.26. The van der Waals surface area contributed by atoms with Gasteiger partial charge in [0.25, 0.3) is 0 Å². The third-order valence-corrected chi connectivity index (χ3v) is 3.51. The van der Waals surface area contributed by atoms with E-state index in [9.17, 15) is 0 Å². The van der Waals surface area contributed by atoms with Gasteiger partial charge in [0.05, 0.1) is 5.69 Å². The maximum atomic E-state index is 4.56. The number of aromatic nitrogens is 4. The molecule has 0 saturated heterocycles. The van der Waals surface area contributed by atoms with Gasteiger partial charge in [0, 0.05) is 49.5 Å². The van der Waals surface area contributed by atoms with Gasteiger partial charge in [-0.2, -0.15) is 4.98 Å². The number of pyridine rings is 2.